The van der Waals surface area contributed by atoms with Crippen molar-refractivity contribution < 1.29 is 37.2 Å². The van der Waals surface area contributed by atoms with Crippen LogP contribution in [-0.4, -0.2) is 15.0 Å². The minimum atomic E-state index is -2.18. The Morgan fingerprint density at radius 1 is 0.761 bits per heavy atom. The van der Waals surface area contributed by atoms with E-state index in [-0.39, 0.29) is 31.2 Å². The number of nitrogens with zero attached hydrogens (tertiary/aromatic N) is 3. The Morgan fingerprint density at radius 3 is 2.33 bits per heavy atom. The van der Waals surface area contributed by atoms with Crippen LogP contribution in [-0.2, 0) is 20.1 Å². The summed E-state index contributed by atoms with van der Waals surface area (Å²) in [5.74, 6) is 1.00. The zero-order valence-corrected chi connectivity index (χ0v) is 27.4. The summed E-state index contributed by atoms with van der Waals surface area (Å²) < 4.78 is 56.1. The van der Waals surface area contributed by atoms with Crippen LogP contribution in [0.5, 0.6) is 0 Å². The van der Waals surface area contributed by atoms with Crippen LogP contribution < -0.4 is 0 Å². The Bertz CT molecular complexity index is 2420. The van der Waals surface area contributed by atoms with E-state index in [4.69, 9.17) is 22.0 Å². The van der Waals surface area contributed by atoms with E-state index >= 15 is 0 Å². The number of oxazole rings is 1. The number of aromatic nitrogens is 3. The van der Waals surface area contributed by atoms with Crippen molar-refractivity contribution in [3.8, 4) is 34.0 Å². The van der Waals surface area contributed by atoms with Crippen molar-refractivity contribution in [2.24, 2.45) is 0 Å². The molecule has 4 heterocycles. The Balaban J connectivity index is 0.000000193. The monoisotopic (exact) mass is 784 g/mol. The molecule has 6 heteroatoms. The minimum absolute atomic E-state index is 0. The standard InChI is InChI=1S/C27H19N2O2.C13H12N.Ir/c1-16(2)18-13-14-28-22(15-18)21-10-6-9-19-20-11-12-23-24(26(20)31-25(19)21)29-27(30-23)17-7-4-3-5-8-17;1-10-3-6-12(7-4-10)13-8-5-11(2)9-14-13;/h3-9,11-16H,1-2H3;3-6,8-9H,1-2H3;/q2*-1;/i;1D3,2D3;. The number of pyridine rings is 2. The molecule has 4 aromatic heterocycles. The fourth-order valence-electron chi connectivity index (χ4n) is 5.16. The molecule has 0 saturated carbocycles. The SMILES string of the molecule is CC(C)c1ccnc(-c2[c-]ccc3c2oc2c3ccc3oc(-c4ccccc4)nc32)c1.[2H]C([2H])([2H])c1c[c-]c(-c2ccc(C([2H])([2H])[2H])cn2)cc1.[Ir]. The van der Waals surface area contributed by atoms with E-state index in [2.05, 4.69) is 48.1 Å². The zero-order chi connectivity index (χ0) is 35.9. The zero-order valence-electron chi connectivity index (χ0n) is 31.0. The van der Waals surface area contributed by atoms with Crippen molar-refractivity contribution in [3.63, 3.8) is 0 Å². The topological polar surface area (TPSA) is 65.0 Å². The summed E-state index contributed by atoms with van der Waals surface area (Å²) in [5, 5.41) is 2.03. The number of benzene rings is 4. The van der Waals surface area contributed by atoms with Gasteiger partial charge in [0.2, 0.25) is 5.89 Å². The first-order valence-electron chi connectivity index (χ1n) is 17.5. The normalized spacial score (nSPS) is 13.5. The van der Waals surface area contributed by atoms with E-state index in [1.165, 1.54) is 30.0 Å². The average molecular weight is 784 g/mol. The molecule has 0 aliphatic heterocycles. The molecule has 0 N–H and O–H groups in total. The number of aryl methyl sites for hydroxylation is 2. The van der Waals surface area contributed by atoms with Crippen LogP contribution in [0.15, 0.2) is 118 Å². The first kappa shape index (κ1) is 24.3. The minimum Gasteiger partial charge on any atom is -0.498 e. The molecule has 5 nitrogen and oxygen atoms in total. The third-order valence-electron chi connectivity index (χ3n) is 7.54. The van der Waals surface area contributed by atoms with Crippen LogP contribution in [0.25, 0.3) is 67.0 Å². The Labute approximate surface area is 290 Å². The first-order chi connectivity index (χ1) is 24.4. The van der Waals surface area contributed by atoms with Crippen LogP contribution in [0.3, 0.4) is 0 Å². The molecule has 0 unspecified atom stereocenters. The quantitative estimate of drug-likeness (QED) is 0.166. The van der Waals surface area contributed by atoms with Crippen LogP contribution in [0.4, 0.5) is 0 Å². The molecule has 46 heavy (non-hydrogen) atoms. The number of hydrogen-bond donors (Lipinski definition) is 0. The second-order valence-corrected chi connectivity index (χ2v) is 10.9. The van der Waals surface area contributed by atoms with Crippen LogP contribution in [0.1, 0.15) is 44.7 Å². The van der Waals surface area contributed by atoms with Gasteiger partial charge in [0.05, 0.1) is 5.58 Å². The van der Waals surface area contributed by atoms with E-state index in [1.807, 2.05) is 60.8 Å². The maximum Gasteiger partial charge on any atom is 0.227 e. The van der Waals surface area contributed by atoms with Gasteiger partial charge in [-0.3, -0.25) is 0 Å². The predicted octanol–water partition coefficient (Wildman–Crippen LogP) is 10.5. The third-order valence-corrected chi connectivity index (χ3v) is 7.54. The maximum atomic E-state index is 7.28. The average Bonchev–Trinajstić information content (AvgIpc) is 3.74. The molecular formula is C40H31IrN3O2-2. The Morgan fingerprint density at radius 2 is 1.59 bits per heavy atom. The van der Waals surface area contributed by atoms with E-state index in [1.54, 1.807) is 12.1 Å². The van der Waals surface area contributed by atoms with Crippen LogP contribution in [0.2, 0.25) is 0 Å². The fraction of sp³-hybridized carbons (Fsp3) is 0.125. The fourth-order valence-corrected chi connectivity index (χ4v) is 5.16. The molecule has 0 atom stereocenters. The summed E-state index contributed by atoms with van der Waals surface area (Å²) in [6.45, 7) is 0.0143. The van der Waals surface area contributed by atoms with Gasteiger partial charge in [-0.1, -0.05) is 73.6 Å². The largest absolute Gasteiger partial charge is 0.498 e. The number of furan rings is 1. The molecule has 0 saturated heterocycles. The van der Waals surface area contributed by atoms with E-state index < -0.39 is 13.7 Å². The van der Waals surface area contributed by atoms with Gasteiger partial charge in [-0.2, -0.15) is 0 Å². The third kappa shape index (κ3) is 6.15. The van der Waals surface area contributed by atoms with Gasteiger partial charge in [0.15, 0.2) is 16.7 Å². The van der Waals surface area contributed by atoms with Crippen molar-refractivity contribution in [1.29, 1.82) is 0 Å². The molecule has 0 amide bonds. The van der Waals surface area contributed by atoms with E-state index in [0.29, 0.717) is 28.6 Å². The first-order valence-corrected chi connectivity index (χ1v) is 14.5. The molecule has 8 rings (SSSR count). The summed E-state index contributed by atoms with van der Waals surface area (Å²) in [6.07, 6.45) is 3.15. The van der Waals surface area contributed by atoms with Crippen molar-refractivity contribution in [3.05, 3.63) is 138 Å². The van der Waals surface area contributed by atoms with Gasteiger partial charge in [-0.05, 0) is 60.1 Å². The van der Waals surface area contributed by atoms with Crippen LogP contribution >= 0.6 is 0 Å². The van der Waals surface area contributed by atoms with Gasteiger partial charge >= 0.3 is 0 Å². The Kier molecular flexibility index (Phi) is 7.00. The second-order valence-electron chi connectivity index (χ2n) is 10.9. The number of fused-ring (bicyclic) bond motifs is 5. The molecule has 0 bridgehead atoms. The van der Waals surface area contributed by atoms with Gasteiger partial charge in [0.1, 0.15) is 0 Å². The summed E-state index contributed by atoms with van der Waals surface area (Å²) in [5.41, 5.74) is 8.35. The van der Waals surface area contributed by atoms with Gasteiger partial charge in [-0.25, -0.2) is 4.98 Å². The van der Waals surface area contributed by atoms with Crippen LogP contribution in [0, 0.1) is 25.8 Å². The molecule has 0 aliphatic carbocycles. The van der Waals surface area contributed by atoms with Crippen molar-refractivity contribution in [2.45, 2.75) is 33.5 Å². The van der Waals surface area contributed by atoms with Crippen molar-refractivity contribution in [2.75, 3.05) is 0 Å². The molecule has 0 spiro atoms. The molecule has 8 aromatic rings. The molecule has 1 radical (unpaired) electrons. The molecule has 229 valence electrons. The second kappa shape index (κ2) is 13.2. The maximum absolute atomic E-state index is 7.28. The molecule has 0 aliphatic rings. The smallest absolute Gasteiger partial charge is 0.227 e. The summed E-state index contributed by atoms with van der Waals surface area (Å²) in [4.78, 5) is 13.4. The predicted molar refractivity (Wildman–Crippen MR) is 181 cm³/mol. The Hall–Kier alpha value is -4.90. The van der Waals surface area contributed by atoms with E-state index in [9.17, 15) is 0 Å². The van der Waals surface area contributed by atoms with E-state index in [0.717, 1.165) is 44.3 Å². The van der Waals surface area contributed by atoms with Gasteiger partial charge in [0.25, 0.3) is 0 Å². The summed E-state index contributed by atoms with van der Waals surface area (Å²) >= 11 is 0. The summed E-state index contributed by atoms with van der Waals surface area (Å²) in [6, 6.07) is 35.8. The number of hydrogen-bond acceptors (Lipinski definition) is 5. The van der Waals surface area contributed by atoms with Gasteiger partial charge in [0, 0.05) is 51.7 Å². The molecular weight excluding hydrogens is 747 g/mol. The van der Waals surface area contributed by atoms with Gasteiger partial charge in [-0.15, -0.1) is 53.6 Å². The number of rotatable bonds is 4. The van der Waals surface area contributed by atoms with Crippen molar-refractivity contribution in [1.82, 2.24) is 15.0 Å². The summed E-state index contributed by atoms with van der Waals surface area (Å²) in [7, 11) is 0. The molecule has 4 aromatic carbocycles. The van der Waals surface area contributed by atoms with Crippen molar-refractivity contribution >= 4 is 33.0 Å². The molecule has 0 fully saturated rings. The van der Waals surface area contributed by atoms with Gasteiger partial charge < -0.3 is 18.8 Å².